The molecule has 2 heterocycles. The van der Waals surface area contributed by atoms with Gasteiger partial charge in [0.1, 0.15) is 6.04 Å². The van der Waals surface area contributed by atoms with Gasteiger partial charge in [0, 0.05) is 5.56 Å². The Morgan fingerprint density at radius 3 is 2.59 bits per heavy atom. The molecule has 2 aromatic rings. The van der Waals surface area contributed by atoms with Crippen LogP contribution in [0.4, 0.5) is 13.2 Å². The van der Waals surface area contributed by atoms with Crippen LogP contribution in [-0.2, 0) is 12.6 Å². The molecule has 1 aliphatic rings. The summed E-state index contributed by atoms with van der Waals surface area (Å²) in [4.78, 5) is 5.92. The molecule has 3 N–H and O–H groups in total. The van der Waals surface area contributed by atoms with Crippen molar-refractivity contribution in [3.63, 3.8) is 0 Å². The second-order valence-electron chi connectivity index (χ2n) is 8.08. The Morgan fingerprint density at radius 2 is 1.91 bits per heavy atom. The number of aryl methyl sites for hydroxylation is 1. The molecule has 10 heteroatoms. The summed E-state index contributed by atoms with van der Waals surface area (Å²) in [6.07, 6.45) is 4.24. The third kappa shape index (κ3) is 6.22. The van der Waals surface area contributed by atoms with E-state index in [1.54, 1.807) is 11.0 Å². The average Bonchev–Trinajstić information content (AvgIpc) is 3.36. The normalized spacial score (nSPS) is 18.6. The number of hydrogen-bond donors (Lipinski definition) is 2. The highest BCUT2D eigenvalue weighted by atomic mass is 35.5. The Labute approximate surface area is 192 Å². The number of likely N-dealkylation sites (tertiary alicyclic amines) is 1. The molecule has 2 atom stereocenters. The number of benzene rings is 1. The van der Waals surface area contributed by atoms with Crippen LogP contribution in [0.5, 0.6) is 0 Å². The molecule has 178 valence electrons. The highest BCUT2D eigenvalue weighted by Gasteiger charge is 2.35. The summed E-state index contributed by atoms with van der Waals surface area (Å²) >= 11 is 0. The Morgan fingerprint density at radius 1 is 1.19 bits per heavy atom. The number of nitrogens with one attached hydrogen (secondary N) is 1. The summed E-state index contributed by atoms with van der Waals surface area (Å²) in [5.41, 5.74) is 5.87. The lowest BCUT2D eigenvalue weighted by Crippen LogP contribution is -2.36. The number of hydrogen-bond acceptors (Lipinski definition) is 5. The summed E-state index contributed by atoms with van der Waals surface area (Å²) in [6, 6.07) is 3.92. The fourth-order valence-electron chi connectivity index (χ4n) is 4.08. The molecule has 0 amide bonds. The smallest absolute Gasteiger partial charge is 0.337 e. The van der Waals surface area contributed by atoms with Crippen LogP contribution in [0.2, 0.25) is 0 Å². The number of rotatable bonds is 10. The van der Waals surface area contributed by atoms with Crippen LogP contribution in [0.15, 0.2) is 22.7 Å². The van der Waals surface area contributed by atoms with Crippen molar-refractivity contribution in [2.75, 3.05) is 0 Å². The third-order valence-electron chi connectivity index (χ3n) is 5.83. The number of unbranched alkanes of at least 4 members (excludes halogenated alkanes) is 5. The van der Waals surface area contributed by atoms with E-state index in [2.05, 4.69) is 17.1 Å². The Hall–Kier alpha value is -2.13. The van der Waals surface area contributed by atoms with Gasteiger partial charge in [-0.3, -0.25) is 5.41 Å². The van der Waals surface area contributed by atoms with Gasteiger partial charge in [-0.2, -0.15) is 18.2 Å². The monoisotopic (exact) mass is 473 g/mol. The molecule has 0 spiro atoms. The van der Waals surface area contributed by atoms with E-state index >= 15 is 0 Å². The zero-order valence-corrected chi connectivity index (χ0v) is 19.0. The maximum Gasteiger partial charge on any atom is 0.416 e. The van der Waals surface area contributed by atoms with Crippen molar-refractivity contribution >= 4 is 18.7 Å². The van der Waals surface area contributed by atoms with Crippen LogP contribution in [-0.4, -0.2) is 27.5 Å². The molecule has 1 aromatic heterocycles. The summed E-state index contributed by atoms with van der Waals surface area (Å²) in [7, 11) is 0. The molecule has 2 unspecified atom stereocenters. The number of halogens is 4. The molecule has 6 nitrogen and oxygen atoms in total. The van der Waals surface area contributed by atoms with E-state index in [0.29, 0.717) is 24.8 Å². The molecule has 0 bridgehead atoms. The van der Waals surface area contributed by atoms with Crippen molar-refractivity contribution < 1.29 is 17.7 Å². The van der Waals surface area contributed by atoms with Crippen molar-refractivity contribution in [3.05, 3.63) is 35.2 Å². The summed E-state index contributed by atoms with van der Waals surface area (Å²) in [5, 5.41) is 11.4. The van der Waals surface area contributed by atoms with Crippen molar-refractivity contribution in [2.24, 2.45) is 5.73 Å². The van der Waals surface area contributed by atoms with Crippen LogP contribution < -0.4 is 5.73 Å². The van der Waals surface area contributed by atoms with E-state index in [1.807, 2.05) is 0 Å². The predicted octanol–water partition coefficient (Wildman–Crippen LogP) is 6.11. The number of alkyl halides is 3. The Balaban J connectivity index is 0.00000363. The molecule has 1 saturated heterocycles. The lowest BCUT2D eigenvalue weighted by molar-refractivity contribution is -0.138. The number of nitrogens with zero attached hydrogens (tertiary/aromatic N) is 3. The molecule has 1 fully saturated rings. The molecule has 3 rings (SSSR count). The first-order valence-electron chi connectivity index (χ1n) is 10.9. The molecule has 1 aliphatic heterocycles. The molecule has 1 aromatic carbocycles. The number of nitrogens with two attached hydrogens (primary N) is 1. The highest BCUT2D eigenvalue weighted by molar-refractivity contribution is 5.85. The summed E-state index contributed by atoms with van der Waals surface area (Å²) < 4.78 is 46.4. The Kier molecular flexibility index (Phi) is 9.51. The second kappa shape index (κ2) is 11.7. The lowest BCUT2D eigenvalue weighted by atomic mass is 9.97. The molecule has 0 radical (unpaired) electrons. The van der Waals surface area contributed by atoms with Gasteiger partial charge < -0.3 is 15.2 Å². The van der Waals surface area contributed by atoms with Crippen LogP contribution in [0.25, 0.3) is 11.4 Å². The van der Waals surface area contributed by atoms with Crippen LogP contribution in [0.3, 0.4) is 0 Å². The van der Waals surface area contributed by atoms with Crippen molar-refractivity contribution in [3.8, 4) is 11.4 Å². The minimum atomic E-state index is -4.45. The van der Waals surface area contributed by atoms with E-state index < -0.39 is 11.7 Å². The van der Waals surface area contributed by atoms with E-state index in [-0.39, 0.29) is 41.9 Å². The van der Waals surface area contributed by atoms with Gasteiger partial charge >= 0.3 is 6.18 Å². The van der Waals surface area contributed by atoms with E-state index in [9.17, 15) is 13.2 Å². The first-order chi connectivity index (χ1) is 14.8. The summed E-state index contributed by atoms with van der Waals surface area (Å²) in [5.74, 6) is 0.369. The van der Waals surface area contributed by atoms with Crippen molar-refractivity contribution in [1.82, 2.24) is 15.0 Å². The van der Waals surface area contributed by atoms with Gasteiger partial charge in [0.15, 0.2) is 0 Å². The van der Waals surface area contributed by atoms with Crippen LogP contribution in [0, 0.1) is 5.41 Å². The van der Waals surface area contributed by atoms with E-state index in [4.69, 9.17) is 15.7 Å². The molecule has 32 heavy (non-hydrogen) atoms. The minimum Gasteiger partial charge on any atom is -0.337 e. The molecular formula is C22H31ClF3N5O. The highest BCUT2D eigenvalue weighted by Crippen LogP contribution is 2.36. The summed E-state index contributed by atoms with van der Waals surface area (Å²) in [6.45, 7) is 2.14. The van der Waals surface area contributed by atoms with Crippen molar-refractivity contribution in [2.45, 2.75) is 83.1 Å². The van der Waals surface area contributed by atoms with Gasteiger partial charge in [0.05, 0.1) is 18.1 Å². The van der Waals surface area contributed by atoms with Gasteiger partial charge in [0.25, 0.3) is 0 Å². The fourth-order valence-corrected chi connectivity index (χ4v) is 4.08. The predicted molar refractivity (Wildman–Crippen MR) is 120 cm³/mol. The molecule has 0 aliphatic carbocycles. The SMILES string of the molecule is CCCCCCCCc1ccc(-c2noc(C3CCC(N)N3C=N)n2)cc1C(F)(F)F.Cl. The number of aromatic nitrogens is 2. The topological polar surface area (TPSA) is 92.0 Å². The fraction of sp³-hybridized carbons (Fsp3) is 0.591. The largest absolute Gasteiger partial charge is 0.416 e. The van der Waals surface area contributed by atoms with E-state index in [0.717, 1.165) is 44.5 Å². The maximum absolute atomic E-state index is 13.7. The van der Waals surface area contributed by atoms with Crippen LogP contribution >= 0.6 is 12.4 Å². The molecule has 0 saturated carbocycles. The average molecular weight is 474 g/mol. The quantitative estimate of drug-likeness (QED) is 0.247. The van der Waals surface area contributed by atoms with Gasteiger partial charge in [-0.05, 0) is 37.3 Å². The second-order valence-corrected chi connectivity index (χ2v) is 8.08. The standard InChI is InChI=1S/C22H30F3N5O.ClH/c1-2-3-4-5-6-7-8-15-9-10-16(13-17(15)22(23,24)25)20-28-21(31-29-20)18-11-12-19(27)30(18)14-26;/h9-10,13-14,18-19,26H,2-8,11-12,27H2,1H3;1H. The third-order valence-corrected chi connectivity index (χ3v) is 5.83. The lowest BCUT2D eigenvalue weighted by Gasteiger charge is -2.22. The van der Waals surface area contributed by atoms with E-state index in [1.165, 1.54) is 12.5 Å². The first-order valence-corrected chi connectivity index (χ1v) is 10.9. The van der Waals surface area contributed by atoms with Gasteiger partial charge in [-0.15, -0.1) is 12.4 Å². The minimum absolute atomic E-state index is 0. The maximum atomic E-state index is 13.7. The zero-order chi connectivity index (χ0) is 22.4. The van der Waals surface area contributed by atoms with Crippen molar-refractivity contribution in [1.29, 1.82) is 5.41 Å². The Bertz CT molecular complexity index is 873. The van der Waals surface area contributed by atoms with Gasteiger partial charge in [-0.1, -0.05) is 56.3 Å². The van der Waals surface area contributed by atoms with Gasteiger partial charge in [0.2, 0.25) is 11.7 Å². The zero-order valence-electron chi connectivity index (χ0n) is 18.2. The molecular weight excluding hydrogens is 443 g/mol. The van der Waals surface area contributed by atoms with Crippen LogP contribution in [0.1, 0.15) is 81.3 Å². The van der Waals surface area contributed by atoms with Gasteiger partial charge in [-0.25, -0.2) is 0 Å². The first kappa shape index (κ1) is 26.1.